The number of nitrogens with two attached hydrogens (primary N) is 2. The standard InChI is InChI=1S/C9H15N5O2/c1-4(2)6(8(11)15)13-9(16)5-3-12-14-7(5)10/h3-4,6H,1-2H3,(H2,11,15)(H,13,16)(H3,10,12,14). The van der Waals surface area contributed by atoms with E-state index in [2.05, 4.69) is 15.5 Å². The van der Waals surface area contributed by atoms with Crippen molar-refractivity contribution in [2.24, 2.45) is 11.7 Å². The molecule has 1 aromatic heterocycles. The summed E-state index contributed by atoms with van der Waals surface area (Å²) in [5.41, 5.74) is 10.8. The number of nitrogens with zero attached hydrogens (tertiary/aromatic N) is 1. The minimum absolute atomic E-state index is 0.0884. The van der Waals surface area contributed by atoms with E-state index in [-0.39, 0.29) is 17.3 Å². The Morgan fingerprint density at radius 3 is 2.50 bits per heavy atom. The Bertz CT molecular complexity index is 398. The predicted octanol–water partition coefficient (Wildman–Crippen LogP) is -0.768. The molecule has 0 fully saturated rings. The topological polar surface area (TPSA) is 127 Å². The van der Waals surface area contributed by atoms with E-state index in [0.717, 1.165) is 0 Å². The average molecular weight is 225 g/mol. The van der Waals surface area contributed by atoms with Crippen LogP contribution >= 0.6 is 0 Å². The summed E-state index contributed by atoms with van der Waals surface area (Å²) >= 11 is 0. The van der Waals surface area contributed by atoms with E-state index in [1.165, 1.54) is 6.20 Å². The minimum atomic E-state index is -0.721. The fourth-order valence-corrected chi connectivity index (χ4v) is 1.26. The van der Waals surface area contributed by atoms with Gasteiger partial charge in [0.15, 0.2) is 0 Å². The van der Waals surface area contributed by atoms with Crippen LogP contribution in [0.3, 0.4) is 0 Å². The molecular formula is C9H15N5O2. The summed E-state index contributed by atoms with van der Waals surface area (Å²) in [5, 5.41) is 8.55. The molecule has 0 bridgehead atoms. The molecule has 88 valence electrons. The van der Waals surface area contributed by atoms with Gasteiger partial charge in [-0.3, -0.25) is 14.7 Å². The normalized spacial score (nSPS) is 12.4. The number of aromatic nitrogens is 2. The summed E-state index contributed by atoms with van der Waals surface area (Å²) in [6.07, 6.45) is 1.29. The molecule has 7 nitrogen and oxygen atoms in total. The SMILES string of the molecule is CC(C)C(NC(=O)c1cn[nH]c1N)C(N)=O. The molecule has 0 aromatic carbocycles. The van der Waals surface area contributed by atoms with Crippen molar-refractivity contribution in [2.75, 3.05) is 5.73 Å². The average Bonchev–Trinajstić information content (AvgIpc) is 2.59. The van der Waals surface area contributed by atoms with E-state index < -0.39 is 17.9 Å². The lowest BCUT2D eigenvalue weighted by Crippen LogP contribution is -2.47. The van der Waals surface area contributed by atoms with Crippen LogP contribution in [0.1, 0.15) is 24.2 Å². The number of hydrogen-bond donors (Lipinski definition) is 4. The van der Waals surface area contributed by atoms with Crippen LogP contribution in [0, 0.1) is 5.92 Å². The molecule has 1 heterocycles. The monoisotopic (exact) mass is 225 g/mol. The molecule has 0 saturated carbocycles. The van der Waals surface area contributed by atoms with Gasteiger partial charge in [0.2, 0.25) is 5.91 Å². The Labute approximate surface area is 92.6 Å². The molecule has 1 unspecified atom stereocenters. The fraction of sp³-hybridized carbons (Fsp3) is 0.444. The van der Waals surface area contributed by atoms with Gasteiger partial charge in [0.1, 0.15) is 17.4 Å². The van der Waals surface area contributed by atoms with E-state index in [9.17, 15) is 9.59 Å². The van der Waals surface area contributed by atoms with E-state index >= 15 is 0 Å². The number of hydrogen-bond acceptors (Lipinski definition) is 4. The van der Waals surface area contributed by atoms with E-state index in [1.807, 2.05) is 0 Å². The molecular weight excluding hydrogens is 210 g/mol. The number of anilines is 1. The highest BCUT2D eigenvalue weighted by molar-refractivity contribution is 6.00. The Morgan fingerprint density at radius 1 is 1.50 bits per heavy atom. The van der Waals surface area contributed by atoms with Gasteiger partial charge in [0, 0.05) is 0 Å². The molecule has 2 amide bonds. The number of rotatable bonds is 4. The number of primary amides is 1. The van der Waals surface area contributed by atoms with Gasteiger partial charge in [0.25, 0.3) is 5.91 Å². The summed E-state index contributed by atoms with van der Waals surface area (Å²) < 4.78 is 0. The maximum atomic E-state index is 11.7. The summed E-state index contributed by atoms with van der Waals surface area (Å²) in [7, 11) is 0. The molecule has 0 aliphatic carbocycles. The van der Waals surface area contributed by atoms with E-state index in [4.69, 9.17) is 11.5 Å². The Morgan fingerprint density at radius 2 is 2.12 bits per heavy atom. The molecule has 1 aromatic rings. The first-order valence-electron chi connectivity index (χ1n) is 4.82. The van der Waals surface area contributed by atoms with Crippen molar-refractivity contribution in [3.63, 3.8) is 0 Å². The van der Waals surface area contributed by atoms with Crippen molar-refractivity contribution in [1.82, 2.24) is 15.5 Å². The van der Waals surface area contributed by atoms with Gasteiger partial charge in [-0.1, -0.05) is 13.8 Å². The molecule has 0 aliphatic rings. The zero-order valence-electron chi connectivity index (χ0n) is 9.15. The van der Waals surface area contributed by atoms with Crippen molar-refractivity contribution < 1.29 is 9.59 Å². The molecule has 1 rings (SSSR count). The second-order valence-electron chi connectivity index (χ2n) is 3.79. The summed E-state index contributed by atoms with van der Waals surface area (Å²) in [6, 6.07) is -0.721. The van der Waals surface area contributed by atoms with Crippen LogP contribution in [0.5, 0.6) is 0 Å². The fourth-order valence-electron chi connectivity index (χ4n) is 1.26. The van der Waals surface area contributed by atoms with Gasteiger partial charge in [-0.05, 0) is 5.92 Å². The van der Waals surface area contributed by atoms with Gasteiger partial charge in [-0.15, -0.1) is 0 Å². The van der Waals surface area contributed by atoms with Crippen LogP contribution in [-0.2, 0) is 4.79 Å². The number of carbonyl (C=O) groups is 2. The zero-order valence-corrected chi connectivity index (χ0v) is 9.15. The second-order valence-corrected chi connectivity index (χ2v) is 3.79. The zero-order chi connectivity index (χ0) is 12.3. The summed E-state index contributed by atoms with van der Waals surface area (Å²) in [5.74, 6) is -0.979. The Balaban J connectivity index is 2.77. The third-order valence-corrected chi connectivity index (χ3v) is 2.17. The lowest BCUT2D eigenvalue weighted by atomic mass is 10.0. The van der Waals surface area contributed by atoms with Crippen molar-refractivity contribution in [1.29, 1.82) is 0 Å². The van der Waals surface area contributed by atoms with Gasteiger partial charge >= 0.3 is 0 Å². The highest BCUT2D eigenvalue weighted by Crippen LogP contribution is 2.08. The molecule has 0 spiro atoms. The van der Waals surface area contributed by atoms with Crippen LogP contribution in [0.25, 0.3) is 0 Å². The first-order chi connectivity index (χ1) is 7.43. The maximum absolute atomic E-state index is 11.7. The smallest absolute Gasteiger partial charge is 0.257 e. The molecule has 1 atom stereocenters. The second kappa shape index (κ2) is 4.65. The molecule has 7 heteroatoms. The third kappa shape index (κ3) is 2.50. The number of H-pyrrole nitrogens is 1. The predicted molar refractivity (Wildman–Crippen MR) is 58.3 cm³/mol. The number of nitrogen functional groups attached to an aromatic ring is 1. The number of aromatic amines is 1. The first kappa shape index (κ1) is 12.0. The van der Waals surface area contributed by atoms with Crippen LogP contribution < -0.4 is 16.8 Å². The number of carbonyl (C=O) groups excluding carboxylic acids is 2. The highest BCUT2D eigenvalue weighted by atomic mass is 16.2. The maximum Gasteiger partial charge on any atom is 0.257 e. The molecule has 16 heavy (non-hydrogen) atoms. The van der Waals surface area contributed by atoms with Crippen molar-refractivity contribution >= 4 is 17.6 Å². The van der Waals surface area contributed by atoms with Crippen molar-refractivity contribution in [2.45, 2.75) is 19.9 Å². The number of amides is 2. The van der Waals surface area contributed by atoms with Crippen molar-refractivity contribution in [3.8, 4) is 0 Å². The van der Waals surface area contributed by atoms with Crippen molar-refractivity contribution in [3.05, 3.63) is 11.8 Å². The quantitative estimate of drug-likeness (QED) is 0.536. The van der Waals surface area contributed by atoms with Crippen LogP contribution in [0.15, 0.2) is 6.20 Å². The van der Waals surface area contributed by atoms with Gasteiger partial charge in [-0.2, -0.15) is 5.10 Å². The Kier molecular flexibility index (Phi) is 3.49. The van der Waals surface area contributed by atoms with Gasteiger partial charge in [0.05, 0.1) is 6.20 Å². The summed E-state index contributed by atoms with van der Waals surface area (Å²) in [6.45, 7) is 3.57. The van der Waals surface area contributed by atoms with Crippen LogP contribution in [0.2, 0.25) is 0 Å². The lowest BCUT2D eigenvalue weighted by molar-refractivity contribution is -0.120. The highest BCUT2D eigenvalue weighted by Gasteiger charge is 2.23. The third-order valence-electron chi connectivity index (χ3n) is 2.17. The van der Waals surface area contributed by atoms with Gasteiger partial charge in [-0.25, -0.2) is 0 Å². The molecule has 6 N–H and O–H groups in total. The summed E-state index contributed by atoms with van der Waals surface area (Å²) in [4.78, 5) is 22.8. The molecule has 0 aliphatic heterocycles. The molecule has 0 radical (unpaired) electrons. The largest absolute Gasteiger partial charge is 0.383 e. The van der Waals surface area contributed by atoms with E-state index in [1.54, 1.807) is 13.8 Å². The minimum Gasteiger partial charge on any atom is -0.383 e. The Hall–Kier alpha value is -2.05. The van der Waals surface area contributed by atoms with E-state index in [0.29, 0.717) is 0 Å². The number of nitrogens with one attached hydrogen (secondary N) is 2. The van der Waals surface area contributed by atoms with Crippen LogP contribution in [0.4, 0.5) is 5.82 Å². The van der Waals surface area contributed by atoms with Gasteiger partial charge < -0.3 is 16.8 Å². The van der Waals surface area contributed by atoms with Crippen LogP contribution in [-0.4, -0.2) is 28.1 Å². The first-order valence-corrected chi connectivity index (χ1v) is 4.82. The molecule has 0 saturated heterocycles. The lowest BCUT2D eigenvalue weighted by Gasteiger charge is -2.18.